The second-order valence-electron chi connectivity index (χ2n) is 12.0. The molecule has 1 amide bonds. The zero-order valence-corrected chi connectivity index (χ0v) is 25.1. The molecule has 2 unspecified atom stereocenters. The molecule has 11 nitrogen and oxygen atoms in total. The van der Waals surface area contributed by atoms with Crippen LogP contribution in [0.3, 0.4) is 0 Å². The fourth-order valence-electron chi connectivity index (χ4n) is 6.04. The van der Waals surface area contributed by atoms with Gasteiger partial charge in [-0.05, 0) is 45.9 Å². The highest BCUT2D eigenvalue weighted by Gasteiger charge is 2.36. The largest absolute Gasteiger partial charge is 0.474 e. The Morgan fingerprint density at radius 3 is 2.68 bits per heavy atom. The molecule has 0 aliphatic carbocycles. The molecular weight excluding hydrogens is 574 g/mol. The van der Waals surface area contributed by atoms with Gasteiger partial charge in [-0.25, -0.2) is 13.6 Å². The minimum Gasteiger partial charge on any atom is -0.474 e. The summed E-state index contributed by atoms with van der Waals surface area (Å²) in [5, 5.41) is 23.0. The van der Waals surface area contributed by atoms with Gasteiger partial charge in [-0.2, -0.15) is 15.2 Å². The summed E-state index contributed by atoms with van der Waals surface area (Å²) in [5.41, 5.74) is 0.0753. The number of benzene rings is 1. The van der Waals surface area contributed by atoms with Crippen LogP contribution in [0.25, 0.3) is 11.6 Å². The van der Waals surface area contributed by atoms with E-state index >= 15 is 0 Å². The lowest BCUT2D eigenvalue weighted by Gasteiger charge is -2.36. The molecule has 5 atom stereocenters. The van der Waals surface area contributed by atoms with Gasteiger partial charge < -0.3 is 24.0 Å². The Bertz CT molecular complexity index is 1530. The molecule has 44 heavy (non-hydrogen) atoms. The van der Waals surface area contributed by atoms with E-state index in [0.29, 0.717) is 37.1 Å². The second kappa shape index (κ2) is 12.7. The van der Waals surface area contributed by atoms with Crippen LogP contribution in [0.4, 0.5) is 13.6 Å². The molecular formula is C31H36F2N6O5. The van der Waals surface area contributed by atoms with Crippen molar-refractivity contribution in [3.63, 3.8) is 0 Å². The number of piperidine rings is 1. The smallest absolute Gasteiger partial charge is 0.407 e. The molecule has 2 aliphatic heterocycles. The van der Waals surface area contributed by atoms with E-state index in [1.807, 2.05) is 32.7 Å². The molecule has 0 saturated carbocycles. The van der Waals surface area contributed by atoms with E-state index in [1.54, 1.807) is 24.3 Å². The average Bonchev–Trinajstić information content (AvgIpc) is 3.60. The maximum absolute atomic E-state index is 14.7. The van der Waals surface area contributed by atoms with Crippen LogP contribution < -0.4 is 9.47 Å². The Hall–Kier alpha value is -4.31. The topological polar surface area (TPSA) is 138 Å². The molecule has 0 radical (unpaired) electrons. The minimum absolute atomic E-state index is 0.0379. The van der Waals surface area contributed by atoms with E-state index in [2.05, 4.69) is 21.2 Å². The Labute approximate surface area is 254 Å². The van der Waals surface area contributed by atoms with Crippen molar-refractivity contribution in [2.75, 3.05) is 20.1 Å². The molecule has 2 aliphatic rings. The molecule has 0 bridgehead atoms. The van der Waals surface area contributed by atoms with Gasteiger partial charge in [0, 0.05) is 43.5 Å². The van der Waals surface area contributed by atoms with Crippen molar-refractivity contribution in [3.05, 3.63) is 53.5 Å². The van der Waals surface area contributed by atoms with Crippen LogP contribution in [0, 0.1) is 17.1 Å². The number of amides is 1. The van der Waals surface area contributed by atoms with Crippen LogP contribution >= 0.6 is 0 Å². The molecule has 234 valence electrons. The summed E-state index contributed by atoms with van der Waals surface area (Å²) >= 11 is 0. The van der Waals surface area contributed by atoms with E-state index in [1.165, 1.54) is 17.0 Å². The molecule has 2 fully saturated rings. The number of carbonyl (C=O) groups is 1. The number of carboxylic acid groups (broad SMARTS) is 1. The predicted octanol–water partition coefficient (Wildman–Crippen LogP) is 5.21. The Kier molecular flexibility index (Phi) is 9.01. The van der Waals surface area contributed by atoms with Gasteiger partial charge in [0.15, 0.2) is 0 Å². The standard InChI is InChI=1S/C31H36F2N6O5/c1-18(24-13-19(32)17-38(24)4)42-27-16-28(43-21-10-12-39(30(40)41)20(14-21)9-11-34)36-29(35-27)25-15-26(37-44-25)31(2,3)22-7-5-6-8-23(22)33/h5-8,15-16,18-21,24H,9-10,12-14,17H2,1-4H3,(H,40,41)/t18-,19-,20?,21?,24-/m0/s1. The SMILES string of the molecule is C[C@H](Oc1cc(OC2CCN(C(=O)O)C(CC#N)C2)nc(-c2cc(C(C)(C)c3ccccc3F)no2)n1)[C@@H]1C[C@H](F)CN1C. The van der Waals surface area contributed by atoms with E-state index < -0.39 is 35.9 Å². The van der Waals surface area contributed by atoms with Gasteiger partial charge in [-0.1, -0.05) is 23.4 Å². The van der Waals surface area contributed by atoms with E-state index in [0.717, 1.165) is 0 Å². The van der Waals surface area contributed by atoms with Crippen LogP contribution in [0.5, 0.6) is 11.8 Å². The lowest BCUT2D eigenvalue weighted by atomic mass is 9.81. The van der Waals surface area contributed by atoms with Crippen LogP contribution in [-0.4, -0.2) is 86.7 Å². The van der Waals surface area contributed by atoms with Gasteiger partial charge in [0.2, 0.25) is 23.3 Å². The Morgan fingerprint density at radius 1 is 1.25 bits per heavy atom. The van der Waals surface area contributed by atoms with Crippen molar-refractivity contribution in [1.82, 2.24) is 24.9 Å². The van der Waals surface area contributed by atoms with Crippen molar-refractivity contribution in [2.45, 2.75) is 82.3 Å². The summed E-state index contributed by atoms with van der Waals surface area (Å²) in [6, 6.07) is 11.0. The lowest BCUT2D eigenvalue weighted by molar-refractivity contribution is 0.0535. The summed E-state index contributed by atoms with van der Waals surface area (Å²) in [5.74, 6) is 0.298. The summed E-state index contributed by atoms with van der Waals surface area (Å²) in [6.07, 6.45) is -1.79. The summed E-state index contributed by atoms with van der Waals surface area (Å²) in [4.78, 5) is 23.9. The number of halogens is 2. The van der Waals surface area contributed by atoms with Gasteiger partial charge in [0.1, 0.15) is 24.2 Å². The maximum atomic E-state index is 14.7. The quantitative estimate of drug-likeness (QED) is 0.344. The molecule has 13 heteroatoms. The highest BCUT2D eigenvalue weighted by atomic mass is 19.1. The fraction of sp³-hybridized carbons (Fsp3) is 0.516. The molecule has 5 rings (SSSR count). The minimum atomic E-state index is -1.08. The molecule has 4 heterocycles. The normalized spacial score (nSPS) is 23.2. The van der Waals surface area contributed by atoms with Gasteiger partial charge in [-0.15, -0.1) is 0 Å². The van der Waals surface area contributed by atoms with Crippen molar-refractivity contribution in [1.29, 1.82) is 5.26 Å². The van der Waals surface area contributed by atoms with Crippen LogP contribution in [0.1, 0.15) is 57.7 Å². The Balaban J connectivity index is 1.44. The molecule has 3 aromatic rings. The lowest BCUT2D eigenvalue weighted by Crippen LogP contribution is -2.48. The molecule has 1 N–H and O–H groups in total. The van der Waals surface area contributed by atoms with Crippen molar-refractivity contribution in [3.8, 4) is 29.4 Å². The monoisotopic (exact) mass is 610 g/mol. The molecule has 1 aromatic carbocycles. The van der Waals surface area contributed by atoms with Gasteiger partial charge in [0.05, 0.1) is 30.3 Å². The maximum Gasteiger partial charge on any atom is 0.407 e. The van der Waals surface area contributed by atoms with E-state index in [-0.39, 0.29) is 48.2 Å². The molecule has 0 spiro atoms. The van der Waals surface area contributed by atoms with Gasteiger partial charge in [-0.3, -0.25) is 4.90 Å². The van der Waals surface area contributed by atoms with E-state index in [9.17, 15) is 23.9 Å². The number of alkyl halides is 1. The molecule has 2 aromatic heterocycles. The number of rotatable bonds is 9. The molecule has 2 saturated heterocycles. The second-order valence-corrected chi connectivity index (χ2v) is 12.0. The van der Waals surface area contributed by atoms with Crippen LogP contribution in [-0.2, 0) is 5.41 Å². The number of aromatic nitrogens is 3. The highest BCUT2D eigenvalue weighted by molar-refractivity contribution is 5.65. The third-order valence-electron chi connectivity index (χ3n) is 8.52. The number of nitriles is 1. The first-order valence-electron chi connectivity index (χ1n) is 14.6. The third-order valence-corrected chi connectivity index (χ3v) is 8.52. The zero-order valence-electron chi connectivity index (χ0n) is 25.1. The van der Waals surface area contributed by atoms with Gasteiger partial charge >= 0.3 is 6.09 Å². The number of hydrogen-bond donors (Lipinski definition) is 1. The number of nitrogens with zero attached hydrogens (tertiary/aromatic N) is 6. The number of hydrogen-bond acceptors (Lipinski definition) is 9. The third kappa shape index (κ3) is 6.60. The van der Waals surface area contributed by atoms with Crippen molar-refractivity contribution in [2.24, 2.45) is 0 Å². The zero-order chi connectivity index (χ0) is 31.6. The van der Waals surface area contributed by atoms with Gasteiger partial charge in [0.25, 0.3) is 0 Å². The van der Waals surface area contributed by atoms with E-state index in [4.69, 9.17) is 14.0 Å². The average molecular weight is 611 g/mol. The first kappa shape index (κ1) is 31.1. The Morgan fingerprint density at radius 2 is 2.00 bits per heavy atom. The number of ether oxygens (including phenoxy) is 2. The summed E-state index contributed by atoms with van der Waals surface area (Å²) < 4.78 is 46.8. The first-order valence-corrected chi connectivity index (χ1v) is 14.6. The van der Waals surface area contributed by atoms with Crippen molar-refractivity contribution >= 4 is 6.09 Å². The van der Waals surface area contributed by atoms with Crippen LogP contribution in [0.15, 0.2) is 40.9 Å². The number of likely N-dealkylation sites (N-methyl/N-ethyl adjacent to an activating group) is 1. The highest BCUT2D eigenvalue weighted by Crippen LogP contribution is 2.35. The number of likely N-dealkylation sites (tertiary alicyclic amines) is 2. The van der Waals surface area contributed by atoms with Crippen LogP contribution in [0.2, 0.25) is 0 Å². The first-order chi connectivity index (χ1) is 21.0. The predicted molar refractivity (Wildman–Crippen MR) is 154 cm³/mol. The van der Waals surface area contributed by atoms with Crippen molar-refractivity contribution < 1.29 is 32.7 Å². The summed E-state index contributed by atoms with van der Waals surface area (Å²) in [7, 11) is 1.85. The summed E-state index contributed by atoms with van der Waals surface area (Å²) in [6.45, 7) is 6.04. The fourth-order valence-corrected chi connectivity index (χ4v) is 6.04.